The third kappa shape index (κ3) is 3.79. The number of carbonyl (C=O) groups excluding carboxylic acids is 1. The Kier molecular flexibility index (Phi) is 4.13. The summed E-state index contributed by atoms with van der Waals surface area (Å²) >= 11 is 0. The summed E-state index contributed by atoms with van der Waals surface area (Å²) in [6.45, 7) is 0. The maximum atomic E-state index is 11.7. The lowest BCUT2D eigenvalue weighted by Gasteiger charge is -2.05. The Labute approximate surface area is 118 Å². The van der Waals surface area contributed by atoms with Crippen molar-refractivity contribution in [2.75, 3.05) is 0 Å². The minimum Gasteiger partial charge on any atom is -0.508 e. The van der Waals surface area contributed by atoms with Gasteiger partial charge in [-0.2, -0.15) is 0 Å². The molecule has 0 atom stereocenters. The van der Waals surface area contributed by atoms with Gasteiger partial charge in [-0.1, -0.05) is 17.2 Å². The summed E-state index contributed by atoms with van der Waals surface area (Å²) in [4.78, 5) is 23.6. The molecule has 2 rings (SSSR count). The molecule has 106 valence electrons. The number of phenols is 2. The van der Waals surface area contributed by atoms with Crippen molar-refractivity contribution >= 4 is 11.7 Å². The van der Waals surface area contributed by atoms with Gasteiger partial charge in [-0.25, -0.2) is 9.68 Å². The van der Waals surface area contributed by atoms with E-state index >= 15 is 0 Å². The third-order valence-corrected chi connectivity index (χ3v) is 2.35. The van der Waals surface area contributed by atoms with Gasteiger partial charge in [0.2, 0.25) is 0 Å². The minimum absolute atomic E-state index is 0.0356. The molecule has 0 unspecified atom stereocenters. The van der Waals surface area contributed by atoms with Gasteiger partial charge in [-0.3, -0.25) is 4.89 Å². The van der Waals surface area contributed by atoms with Crippen LogP contribution in [0.25, 0.3) is 10.4 Å². The van der Waals surface area contributed by atoms with Gasteiger partial charge in [0, 0.05) is 28.8 Å². The molecule has 21 heavy (non-hydrogen) atoms. The fraction of sp³-hybridized carbons (Fsp3) is 0. The van der Waals surface area contributed by atoms with Gasteiger partial charge in [0.05, 0.1) is 5.56 Å². The molecule has 0 fully saturated rings. The van der Waals surface area contributed by atoms with Crippen molar-refractivity contribution in [3.05, 3.63) is 58.5 Å². The van der Waals surface area contributed by atoms with E-state index < -0.39 is 5.97 Å². The molecule has 0 aliphatic carbocycles. The van der Waals surface area contributed by atoms with E-state index in [0.29, 0.717) is 5.69 Å². The molecule has 2 aromatic carbocycles. The first kappa shape index (κ1) is 14.0. The lowest BCUT2D eigenvalue weighted by molar-refractivity contribution is -0.149. The monoisotopic (exact) mass is 287 g/mol. The number of nitrogens with zero attached hydrogens (tertiary/aromatic N) is 3. The molecule has 0 aromatic heterocycles. The van der Waals surface area contributed by atoms with E-state index in [4.69, 9.17) is 10.4 Å². The average molecular weight is 287 g/mol. The lowest BCUT2D eigenvalue weighted by Crippen LogP contribution is -2.08. The Morgan fingerprint density at radius 1 is 1.10 bits per heavy atom. The Morgan fingerprint density at radius 3 is 2.29 bits per heavy atom. The summed E-state index contributed by atoms with van der Waals surface area (Å²) < 4.78 is 0. The molecule has 0 radical (unpaired) electrons. The summed E-state index contributed by atoms with van der Waals surface area (Å²) in [7, 11) is 0. The molecule has 2 N–H and O–H groups in total. The van der Waals surface area contributed by atoms with Crippen LogP contribution in [0, 0.1) is 0 Å². The van der Waals surface area contributed by atoms with Crippen molar-refractivity contribution in [2.45, 2.75) is 0 Å². The highest BCUT2D eigenvalue weighted by atomic mass is 17.2. The fourth-order valence-corrected chi connectivity index (χ4v) is 1.47. The van der Waals surface area contributed by atoms with Crippen molar-refractivity contribution in [1.82, 2.24) is 0 Å². The molecule has 0 amide bonds. The Morgan fingerprint density at radius 2 is 1.71 bits per heavy atom. The number of hydrogen-bond donors (Lipinski definition) is 2. The van der Waals surface area contributed by atoms with Gasteiger partial charge >= 0.3 is 5.97 Å². The van der Waals surface area contributed by atoms with Crippen molar-refractivity contribution in [3.8, 4) is 17.2 Å². The van der Waals surface area contributed by atoms with Crippen LogP contribution in [0.1, 0.15) is 10.4 Å². The SMILES string of the molecule is [N-]=[N+]=Nc1ccc(C(=O)OOc2cc(O)cc(O)c2)cc1. The highest BCUT2D eigenvalue weighted by Gasteiger charge is 2.10. The molecular formula is C13H9N3O5. The highest BCUT2D eigenvalue weighted by molar-refractivity contribution is 5.89. The molecule has 8 heteroatoms. The van der Waals surface area contributed by atoms with Crippen LogP contribution in [0.15, 0.2) is 47.6 Å². The average Bonchev–Trinajstić information content (AvgIpc) is 2.45. The summed E-state index contributed by atoms with van der Waals surface area (Å²) in [6, 6.07) is 9.11. The number of rotatable bonds is 4. The van der Waals surface area contributed by atoms with Crippen LogP contribution in [-0.4, -0.2) is 16.2 Å². The quantitative estimate of drug-likeness (QED) is 0.293. The standard InChI is InChI=1S/C13H9N3O5/c14-16-15-9-3-1-8(2-4-9)13(19)21-20-12-6-10(17)5-11(18)7-12/h1-7,17-18H. The maximum Gasteiger partial charge on any atom is 0.386 e. The van der Waals surface area contributed by atoms with Gasteiger partial charge in [-0.05, 0) is 17.7 Å². The molecule has 0 aliphatic rings. The number of hydrogen-bond acceptors (Lipinski definition) is 6. The molecule has 0 bridgehead atoms. The number of benzene rings is 2. The van der Waals surface area contributed by atoms with Gasteiger partial charge < -0.3 is 10.2 Å². The first-order valence-electron chi connectivity index (χ1n) is 5.65. The summed E-state index contributed by atoms with van der Waals surface area (Å²) in [5.74, 6) is -1.29. The van der Waals surface area contributed by atoms with Gasteiger partial charge in [0.1, 0.15) is 11.5 Å². The molecule has 0 saturated heterocycles. The van der Waals surface area contributed by atoms with Crippen LogP contribution >= 0.6 is 0 Å². The zero-order valence-electron chi connectivity index (χ0n) is 10.5. The van der Waals surface area contributed by atoms with Gasteiger partial charge in [-0.15, -0.1) is 0 Å². The Bertz CT molecular complexity index is 688. The molecule has 2 aromatic rings. The first-order valence-corrected chi connectivity index (χ1v) is 5.65. The second-order valence-corrected chi connectivity index (χ2v) is 3.88. The summed E-state index contributed by atoms with van der Waals surface area (Å²) in [6.07, 6.45) is 0. The summed E-state index contributed by atoms with van der Waals surface area (Å²) in [5, 5.41) is 21.8. The van der Waals surface area contributed by atoms with E-state index in [1.807, 2.05) is 0 Å². The molecule has 0 saturated carbocycles. The number of phenolic OH excluding ortho intramolecular Hbond substituents is 2. The smallest absolute Gasteiger partial charge is 0.386 e. The number of aromatic hydroxyl groups is 2. The minimum atomic E-state index is -0.787. The van der Waals surface area contributed by atoms with Crippen molar-refractivity contribution in [2.24, 2.45) is 5.11 Å². The van der Waals surface area contributed by atoms with E-state index in [1.54, 1.807) is 0 Å². The van der Waals surface area contributed by atoms with Gasteiger partial charge in [0.15, 0.2) is 5.75 Å². The predicted octanol–water partition coefficient (Wildman–Crippen LogP) is 3.19. The van der Waals surface area contributed by atoms with Crippen LogP contribution in [0.5, 0.6) is 17.2 Å². The largest absolute Gasteiger partial charge is 0.508 e. The maximum absolute atomic E-state index is 11.7. The van der Waals surface area contributed by atoms with E-state index in [0.717, 1.165) is 18.2 Å². The Balaban J connectivity index is 2.02. The second-order valence-electron chi connectivity index (χ2n) is 3.88. The normalized spacial score (nSPS) is 9.52. The predicted molar refractivity (Wildman–Crippen MR) is 71.1 cm³/mol. The topological polar surface area (TPSA) is 125 Å². The molecule has 0 heterocycles. The molecular weight excluding hydrogens is 278 g/mol. The van der Waals surface area contributed by atoms with Crippen LogP contribution in [0.2, 0.25) is 0 Å². The van der Waals surface area contributed by atoms with E-state index in [9.17, 15) is 15.0 Å². The molecule has 0 spiro atoms. The fourth-order valence-electron chi connectivity index (χ4n) is 1.47. The first-order chi connectivity index (χ1) is 10.1. The van der Waals surface area contributed by atoms with Crippen molar-refractivity contribution in [1.29, 1.82) is 0 Å². The molecule has 8 nitrogen and oxygen atoms in total. The number of carbonyl (C=O) groups is 1. The van der Waals surface area contributed by atoms with Crippen LogP contribution in [0.4, 0.5) is 5.69 Å². The van der Waals surface area contributed by atoms with Gasteiger partial charge in [0.25, 0.3) is 0 Å². The summed E-state index contributed by atoms with van der Waals surface area (Å²) in [5.41, 5.74) is 8.79. The number of azide groups is 1. The van der Waals surface area contributed by atoms with E-state index in [1.165, 1.54) is 24.3 Å². The Hall–Kier alpha value is -3.38. The zero-order valence-corrected chi connectivity index (χ0v) is 10.5. The van der Waals surface area contributed by atoms with E-state index in [2.05, 4.69) is 14.9 Å². The van der Waals surface area contributed by atoms with Crippen LogP contribution in [0.3, 0.4) is 0 Å². The third-order valence-electron chi connectivity index (χ3n) is 2.35. The van der Waals surface area contributed by atoms with Crippen LogP contribution in [-0.2, 0) is 4.89 Å². The second kappa shape index (κ2) is 6.18. The van der Waals surface area contributed by atoms with E-state index in [-0.39, 0.29) is 22.8 Å². The lowest BCUT2D eigenvalue weighted by atomic mass is 10.2. The molecule has 0 aliphatic heterocycles. The highest BCUT2D eigenvalue weighted by Crippen LogP contribution is 2.26. The van der Waals surface area contributed by atoms with Crippen molar-refractivity contribution in [3.63, 3.8) is 0 Å². The van der Waals surface area contributed by atoms with Crippen LogP contribution < -0.4 is 4.89 Å². The van der Waals surface area contributed by atoms with Crippen molar-refractivity contribution < 1.29 is 24.8 Å². The zero-order chi connectivity index (χ0) is 15.2.